The van der Waals surface area contributed by atoms with Crippen LogP contribution in [0.15, 0.2) is 18.2 Å². The van der Waals surface area contributed by atoms with E-state index < -0.39 is 0 Å². The van der Waals surface area contributed by atoms with Gasteiger partial charge < -0.3 is 10.6 Å². The number of rotatable bonds is 1. The Hall–Kier alpha value is -1.25. The summed E-state index contributed by atoms with van der Waals surface area (Å²) in [5.41, 5.74) is 6.95. The predicted octanol–water partition coefficient (Wildman–Crippen LogP) is 3.18. The van der Waals surface area contributed by atoms with Crippen LogP contribution in [0.25, 0.3) is 0 Å². The van der Waals surface area contributed by atoms with Crippen LogP contribution < -0.4 is 10.6 Å². The summed E-state index contributed by atoms with van der Waals surface area (Å²) in [5, 5.41) is 0. The summed E-state index contributed by atoms with van der Waals surface area (Å²) in [4.78, 5) is 2.24. The van der Waals surface area contributed by atoms with Crippen molar-refractivity contribution in [1.82, 2.24) is 0 Å². The Morgan fingerprint density at radius 3 is 2.94 bits per heavy atom. The van der Waals surface area contributed by atoms with E-state index in [4.69, 9.17) is 5.73 Å². The van der Waals surface area contributed by atoms with E-state index in [9.17, 15) is 4.39 Å². The molecule has 2 rings (SSSR count). The van der Waals surface area contributed by atoms with Gasteiger partial charge in [-0.05, 0) is 31.9 Å². The Morgan fingerprint density at radius 2 is 2.12 bits per heavy atom. The lowest BCUT2D eigenvalue weighted by Gasteiger charge is -2.30. The highest BCUT2D eigenvalue weighted by atomic mass is 19.1. The minimum absolute atomic E-state index is 0.288. The molecule has 2 nitrogen and oxygen atoms in total. The van der Waals surface area contributed by atoms with E-state index in [1.165, 1.54) is 25.3 Å². The van der Waals surface area contributed by atoms with Crippen LogP contribution in [0, 0.1) is 5.82 Å². The molecule has 0 saturated carbocycles. The van der Waals surface area contributed by atoms with E-state index in [2.05, 4.69) is 11.8 Å². The fourth-order valence-corrected chi connectivity index (χ4v) is 2.41. The van der Waals surface area contributed by atoms with Crippen molar-refractivity contribution in [2.24, 2.45) is 0 Å². The summed E-state index contributed by atoms with van der Waals surface area (Å²) < 4.78 is 13.4. The average molecular weight is 222 g/mol. The van der Waals surface area contributed by atoms with Crippen molar-refractivity contribution in [2.45, 2.75) is 38.6 Å². The topological polar surface area (TPSA) is 29.3 Å². The molecule has 16 heavy (non-hydrogen) atoms. The quantitative estimate of drug-likeness (QED) is 0.739. The second-order valence-electron chi connectivity index (χ2n) is 4.56. The number of para-hydroxylation sites is 1. The number of hydrogen-bond acceptors (Lipinski definition) is 2. The van der Waals surface area contributed by atoms with Crippen molar-refractivity contribution >= 4 is 11.4 Å². The van der Waals surface area contributed by atoms with Gasteiger partial charge >= 0.3 is 0 Å². The van der Waals surface area contributed by atoms with Gasteiger partial charge in [-0.2, -0.15) is 0 Å². The lowest BCUT2D eigenvalue weighted by Crippen LogP contribution is -2.33. The predicted molar refractivity (Wildman–Crippen MR) is 66.1 cm³/mol. The molecule has 0 amide bonds. The maximum absolute atomic E-state index is 13.4. The van der Waals surface area contributed by atoms with E-state index in [1.54, 1.807) is 6.07 Å². The number of benzene rings is 1. The molecule has 1 aliphatic rings. The summed E-state index contributed by atoms with van der Waals surface area (Å²) >= 11 is 0. The van der Waals surface area contributed by atoms with E-state index in [0.717, 1.165) is 18.7 Å². The Bertz CT molecular complexity index is 365. The van der Waals surface area contributed by atoms with E-state index >= 15 is 0 Å². The SMILES string of the molecule is CC1CCCCCN1c1cccc(F)c1N. The molecule has 0 radical (unpaired) electrons. The lowest BCUT2D eigenvalue weighted by atomic mass is 10.1. The molecule has 1 atom stereocenters. The van der Waals surface area contributed by atoms with Crippen LogP contribution in [0.2, 0.25) is 0 Å². The fourth-order valence-electron chi connectivity index (χ4n) is 2.41. The van der Waals surface area contributed by atoms with Gasteiger partial charge in [0.25, 0.3) is 0 Å². The van der Waals surface area contributed by atoms with Gasteiger partial charge in [-0.25, -0.2) is 4.39 Å². The summed E-state index contributed by atoms with van der Waals surface area (Å²) in [6.45, 7) is 3.17. The second kappa shape index (κ2) is 4.73. The molecule has 0 aliphatic carbocycles. The largest absolute Gasteiger partial charge is 0.395 e. The summed E-state index contributed by atoms with van der Waals surface area (Å²) in [6, 6.07) is 5.52. The number of nitrogens with two attached hydrogens (primary N) is 1. The molecule has 1 heterocycles. The first-order chi connectivity index (χ1) is 7.70. The van der Waals surface area contributed by atoms with Gasteiger partial charge in [0.1, 0.15) is 5.82 Å². The van der Waals surface area contributed by atoms with Crippen molar-refractivity contribution in [1.29, 1.82) is 0 Å². The molecule has 1 aromatic carbocycles. The Kier molecular flexibility index (Phi) is 3.32. The van der Waals surface area contributed by atoms with Gasteiger partial charge in [0, 0.05) is 12.6 Å². The molecule has 1 aliphatic heterocycles. The highest BCUT2D eigenvalue weighted by Crippen LogP contribution is 2.30. The highest BCUT2D eigenvalue weighted by Gasteiger charge is 2.19. The number of halogens is 1. The van der Waals surface area contributed by atoms with Gasteiger partial charge in [-0.3, -0.25) is 0 Å². The van der Waals surface area contributed by atoms with Gasteiger partial charge in [-0.15, -0.1) is 0 Å². The van der Waals surface area contributed by atoms with Gasteiger partial charge in [0.05, 0.1) is 11.4 Å². The zero-order chi connectivity index (χ0) is 11.5. The zero-order valence-electron chi connectivity index (χ0n) is 9.75. The summed E-state index contributed by atoms with van der Waals surface area (Å²) in [6.07, 6.45) is 4.85. The third-order valence-corrected chi connectivity index (χ3v) is 3.39. The first kappa shape index (κ1) is 11.2. The minimum atomic E-state index is -0.311. The number of anilines is 2. The molecular formula is C13H19FN2. The Labute approximate surface area is 96.2 Å². The molecule has 1 aromatic rings. The van der Waals surface area contributed by atoms with E-state index in [-0.39, 0.29) is 11.5 Å². The molecular weight excluding hydrogens is 203 g/mol. The van der Waals surface area contributed by atoms with Gasteiger partial charge in [0.2, 0.25) is 0 Å². The normalized spacial score (nSPS) is 21.9. The minimum Gasteiger partial charge on any atom is -0.395 e. The molecule has 1 saturated heterocycles. The van der Waals surface area contributed by atoms with Crippen LogP contribution in [0.4, 0.5) is 15.8 Å². The molecule has 1 unspecified atom stereocenters. The van der Waals surface area contributed by atoms with Crippen molar-refractivity contribution in [3.05, 3.63) is 24.0 Å². The maximum Gasteiger partial charge on any atom is 0.148 e. The second-order valence-corrected chi connectivity index (χ2v) is 4.56. The lowest BCUT2D eigenvalue weighted by molar-refractivity contribution is 0.609. The standard InChI is InChI=1S/C13H19FN2/c1-10-6-3-2-4-9-16(10)12-8-5-7-11(14)13(12)15/h5,7-8,10H,2-4,6,9,15H2,1H3. The van der Waals surface area contributed by atoms with E-state index in [1.807, 2.05) is 6.07 Å². The van der Waals surface area contributed by atoms with Crippen LogP contribution in [-0.4, -0.2) is 12.6 Å². The van der Waals surface area contributed by atoms with E-state index in [0.29, 0.717) is 6.04 Å². The summed E-state index contributed by atoms with van der Waals surface area (Å²) in [7, 11) is 0. The molecule has 3 heteroatoms. The first-order valence-electron chi connectivity index (χ1n) is 6.01. The third-order valence-electron chi connectivity index (χ3n) is 3.39. The molecule has 1 fully saturated rings. The smallest absolute Gasteiger partial charge is 0.148 e. The van der Waals surface area contributed by atoms with Crippen molar-refractivity contribution in [3.8, 4) is 0 Å². The third kappa shape index (κ3) is 2.13. The fraction of sp³-hybridized carbons (Fsp3) is 0.538. The zero-order valence-corrected chi connectivity index (χ0v) is 9.75. The molecule has 0 spiro atoms. The van der Waals surface area contributed by atoms with Crippen LogP contribution in [-0.2, 0) is 0 Å². The summed E-state index contributed by atoms with van der Waals surface area (Å²) in [5.74, 6) is -0.311. The molecule has 0 aromatic heterocycles. The number of hydrogen-bond donors (Lipinski definition) is 1. The number of nitrogen functional groups attached to an aromatic ring is 1. The van der Waals surface area contributed by atoms with Crippen LogP contribution in [0.5, 0.6) is 0 Å². The van der Waals surface area contributed by atoms with Crippen LogP contribution in [0.1, 0.15) is 32.6 Å². The Balaban J connectivity index is 2.30. The molecule has 0 bridgehead atoms. The van der Waals surface area contributed by atoms with Crippen molar-refractivity contribution in [3.63, 3.8) is 0 Å². The maximum atomic E-state index is 13.4. The molecule has 88 valence electrons. The van der Waals surface area contributed by atoms with Gasteiger partial charge in [0.15, 0.2) is 0 Å². The van der Waals surface area contributed by atoms with Crippen LogP contribution >= 0.6 is 0 Å². The Morgan fingerprint density at radius 1 is 1.31 bits per heavy atom. The average Bonchev–Trinajstić information content (AvgIpc) is 2.47. The monoisotopic (exact) mass is 222 g/mol. The number of nitrogens with zero attached hydrogens (tertiary/aromatic N) is 1. The first-order valence-corrected chi connectivity index (χ1v) is 6.01. The highest BCUT2D eigenvalue weighted by molar-refractivity contribution is 5.68. The van der Waals surface area contributed by atoms with Crippen molar-refractivity contribution in [2.75, 3.05) is 17.2 Å². The van der Waals surface area contributed by atoms with Crippen LogP contribution in [0.3, 0.4) is 0 Å². The van der Waals surface area contributed by atoms with Crippen molar-refractivity contribution < 1.29 is 4.39 Å². The molecule has 2 N–H and O–H groups in total. The van der Waals surface area contributed by atoms with Gasteiger partial charge in [-0.1, -0.05) is 18.9 Å².